The minimum absolute atomic E-state index is 0.194. The first kappa shape index (κ1) is 13.0. The molecule has 0 saturated carbocycles. The Morgan fingerprint density at radius 3 is 2.24 bits per heavy atom. The van der Waals surface area contributed by atoms with E-state index in [1.807, 2.05) is 32.1 Å². The van der Waals surface area contributed by atoms with E-state index in [0.717, 1.165) is 0 Å². The van der Waals surface area contributed by atoms with E-state index in [4.69, 9.17) is 14.2 Å². The van der Waals surface area contributed by atoms with Crippen molar-refractivity contribution in [2.45, 2.75) is 13.8 Å². The fourth-order valence-corrected chi connectivity index (χ4v) is 1.05. The third kappa shape index (κ3) is 4.14. The minimum atomic E-state index is 0.194. The van der Waals surface area contributed by atoms with Gasteiger partial charge in [-0.25, -0.2) is 0 Å². The molecular formula is C12H16N2O3. The van der Waals surface area contributed by atoms with Gasteiger partial charge in [0.2, 0.25) is 11.8 Å². The number of hydrogen-bond acceptors (Lipinski definition) is 5. The lowest BCUT2D eigenvalue weighted by Crippen LogP contribution is -2.00. The van der Waals surface area contributed by atoms with Crippen molar-refractivity contribution >= 4 is 0 Å². The Kier molecular flexibility index (Phi) is 5.00. The molecule has 1 aromatic rings. The van der Waals surface area contributed by atoms with Gasteiger partial charge in [-0.15, -0.1) is 0 Å². The fourth-order valence-electron chi connectivity index (χ4n) is 1.05. The lowest BCUT2D eigenvalue weighted by atomic mass is 10.4. The Morgan fingerprint density at radius 1 is 1.18 bits per heavy atom. The van der Waals surface area contributed by atoms with E-state index in [1.54, 1.807) is 6.07 Å². The van der Waals surface area contributed by atoms with Gasteiger partial charge < -0.3 is 14.2 Å². The van der Waals surface area contributed by atoms with Crippen LogP contribution in [0.3, 0.4) is 0 Å². The highest BCUT2D eigenvalue weighted by Gasteiger charge is 2.06. The third-order valence-electron chi connectivity index (χ3n) is 1.85. The molecule has 1 heterocycles. The molecule has 92 valence electrons. The molecule has 1 rings (SSSR count). The zero-order valence-corrected chi connectivity index (χ0v) is 10.4. The van der Waals surface area contributed by atoms with Gasteiger partial charge in [0.25, 0.3) is 0 Å². The molecule has 0 bridgehead atoms. The molecule has 0 amide bonds. The van der Waals surface area contributed by atoms with E-state index >= 15 is 0 Å². The molecule has 1 aromatic heterocycles. The van der Waals surface area contributed by atoms with Crippen LogP contribution < -0.4 is 14.2 Å². The lowest BCUT2D eigenvalue weighted by molar-refractivity contribution is 0.335. The molecule has 0 spiro atoms. The first-order valence-electron chi connectivity index (χ1n) is 5.14. The molecule has 0 radical (unpaired) electrons. The number of methoxy groups -OCH3 is 2. The van der Waals surface area contributed by atoms with Crippen molar-refractivity contribution < 1.29 is 14.2 Å². The van der Waals surface area contributed by atoms with Crippen LogP contribution in [0.25, 0.3) is 0 Å². The van der Waals surface area contributed by atoms with Crippen molar-refractivity contribution in [3.63, 3.8) is 0 Å². The molecule has 0 N–H and O–H groups in total. The molecule has 0 aliphatic carbocycles. The predicted octanol–water partition coefficient (Wildman–Crippen LogP) is 2.35. The van der Waals surface area contributed by atoms with Crippen molar-refractivity contribution in [1.82, 2.24) is 9.97 Å². The van der Waals surface area contributed by atoms with Crippen molar-refractivity contribution in [2.75, 3.05) is 14.2 Å². The van der Waals surface area contributed by atoms with Crippen LogP contribution in [0.15, 0.2) is 30.1 Å². The summed E-state index contributed by atoms with van der Waals surface area (Å²) in [6.07, 6.45) is 5.59. The Hall–Kier alpha value is -2.04. The maximum absolute atomic E-state index is 5.43. The largest absolute Gasteiger partial charge is 0.481 e. The molecule has 0 aromatic carbocycles. The van der Waals surface area contributed by atoms with Crippen LogP contribution in [0.5, 0.6) is 17.8 Å². The summed E-state index contributed by atoms with van der Waals surface area (Å²) in [6, 6.07) is 1.78. The van der Waals surface area contributed by atoms with Crippen LogP contribution >= 0.6 is 0 Å². The van der Waals surface area contributed by atoms with Gasteiger partial charge in [-0.05, 0) is 19.9 Å². The van der Waals surface area contributed by atoms with Gasteiger partial charge in [-0.2, -0.15) is 9.97 Å². The number of aromatic nitrogens is 2. The van der Waals surface area contributed by atoms with Gasteiger partial charge in [0, 0.05) is 0 Å². The molecular weight excluding hydrogens is 220 g/mol. The summed E-state index contributed by atoms with van der Waals surface area (Å²) in [5.74, 6) is 1.47. The average molecular weight is 236 g/mol. The highest BCUT2D eigenvalue weighted by molar-refractivity contribution is 5.23. The quantitative estimate of drug-likeness (QED) is 0.580. The summed E-state index contributed by atoms with van der Waals surface area (Å²) in [6.45, 7) is 3.74. The highest BCUT2D eigenvalue weighted by Crippen LogP contribution is 2.19. The van der Waals surface area contributed by atoms with Gasteiger partial charge in [-0.3, -0.25) is 0 Å². The number of rotatable bonds is 5. The summed E-state index contributed by atoms with van der Waals surface area (Å²) < 4.78 is 15.5. The van der Waals surface area contributed by atoms with Gasteiger partial charge >= 0.3 is 6.01 Å². The fraction of sp³-hybridized carbons (Fsp3) is 0.333. The SMILES string of the molecule is C/C=C\C=C(/C)Oc1nc(OC)cc(OC)n1. The zero-order valence-electron chi connectivity index (χ0n) is 10.4. The second kappa shape index (κ2) is 6.52. The van der Waals surface area contributed by atoms with Crippen LogP contribution in [0.4, 0.5) is 0 Å². The van der Waals surface area contributed by atoms with Crippen molar-refractivity contribution in [2.24, 2.45) is 0 Å². The first-order chi connectivity index (χ1) is 8.19. The van der Waals surface area contributed by atoms with E-state index in [0.29, 0.717) is 17.5 Å². The number of hydrogen-bond donors (Lipinski definition) is 0. The van der Waals surface area contributed by atoms with Gasteiger partial charge in [-0.1, -0.05) is 12.2 Å². The van der Waals surface area contributed by atoms with Crippen LogP contribution in [-0.2, 0) is 0 Å². The van der Waals surface area contributed by atoms with E-state index in [2.05, 4.69) is 9.97 Å². The van der Waals surface area contributed by atoms with E-state index < -0.39 is 0 Å². The van der Waals surface area contributed by atoms with Crippen molar-refractivity contribution in [1.29, 1.82) is 0 Å². The predicted molar refractivity (Wildman–Crippen MR) is 64.3 cm³/mol. The van der Waals surface area contributed by atoms with E-state index in [-0.39, 0.29) is 6.01 Å². The Bertz CT molecular complexity index is 406. The van der Waals surface area contributed by atoms with Gasteiger partial charge in [0.05, 0.1) is 20.3 Å². The van der Waals surface area contributed by atoms with Crippen molar-refractivity contribution in [3.05, 3.63) is 30.1 Å². The smallest absolute Gasteiger partial charge is 0.328 e. The topological polar surface area (TPSA) is 53.5 Å². The highest BCUT2D eigenvalue weighted by atomic mass is 16.5. The molecule has 5 heteroatoms. The summed E-state index contributed by atoms with van der Waals surface area (Å²) in [5, 5.41) is 0. The maximum atomic E-state index is 5.43. The third-order valence-corrected chi connectivity index (χ3v) is 1.85. The summed E-state index contributed by atoms with van der Waals surface area (Å²) in [4.78, 5) is 8.09. The summed E-state index contributed by atoms with van der Waals surface area (Å²) >= 11 is 0. The normalized spacial score (nSPS) is 11.6. The molecule has 0 aliphatic heterocycles. The van der Waals surface area contributed by atoms with Crippen molar-refractivity contribution in [3.8, 4) is 17.8 Å². The van der Waals surface area contributed by atoms with Crippen LogP contribution in [0.1, 0.15) is 13.8 Å². The second-order valence-electron chi connectivity index (χ2n) is 3.14. The Balaban J connectivity index is 2.90. The van der Waals surface area contributed by atoms with E-state index in [1.165, 1.54) is 14.2 Å². The maximum Gasteiger partial charge on any atom is 0.328 e. The average Bonchev–Trinajstić information content (AvgIpc) is 2.35. The standard InChI is InChI=1S/C12H16N2O3/c1-5-6-7-9(2)17-12-13-10(15-3)8-11(14-12)16-4/h5-8H,1-4H3/b6-5-,9-7+. The van der Waals surface area contributed by atoms with Crippen LogP contribution in [0, 0.1) is 0 Å². The monoisotopic (exact) mass is 236 g/mol. The molecule has 0 atom stereocenters. The Labute approximate surface area is 101 Å². The number of nitrogens with zero attached hydrogens (tertiary/aromatic N) is 2. The van der Waals surface area contributed by atoms with Crippen LogP contribution in [0.2, 0.25) is 0 Å². The second-order valence-corrected chi connectivity index (χ2v) is 3.14. The molecule has 17 heavy (non-hydrogen) atoms. The van der Waals surface area contributed by atoms with Gasteiger partial charge in [0.15, 0.2) is 0 Å². The van der Waals surface area contributed by atoms with E-state index in [9.17, 15) is 0 Å². The summed E-state index contributed by atoms with van der Waals surface area (Å²) in [5.41, 5.74) is 0. The first-order valence-corrected chi connectivity index (χ1v) is 5.14. The molecule has 0 saturated heterocycles. The molecule has 0 aliphatic rings. The zero-order chi connectivity index (χ0) is 12.7. The summed E-state index contributed by atoms with van der Waals surface area (Å²) in [7, 11) is 3.04. The van der Waals surface area contributed by atoms with Gasteiger partial charge in [0.1, 0.15) is 5.76 Å². The van der Waals surface area contributed by atoms with Crippen LogP contribution in [-0.4, -0.2) is 24.2 Å². The Morgan fingerprint density at radius 2 is 1.76 bits per heavy atom. The lowest BCUT2D eigenvalue weighted by Gasteiger charge is -2.07. The number of allylic oxidation sites excluding steroid dienone is 4. The molecule has 0 unspecified atom stereocenters. The number of ether oxygens (including phenoxy) is 3. The molecule has 5 nitrogen and oxygen atoms in total. The molecule has 0 fully saturated rings. The minimum Gasteiger partial charge on any atom is -0.481 e.